The minimum atomic E-state index is -0.236. The molecule has 2 atom stereocenters. The van der Waals surface area contributed by atoms with Gasteiger partial charge < -0.3 is 9.47 Å². The van der Waals surface area contributed by atoms with Gasteiger partial charge >= 0.3 is 5.97 Å². The van der Waals surface area contributed by atoms with Crippen molar-refractivity contribution in [2.75, 3.05) is 6.61 Å². The van der Waals surface area contributed by atoms with Crippen molar-refractivity contribution in [2.45, 2.75) is 39.4 Å². The summed E-state index contributed by atoms with van der Waals surface area (Å²) in [4.78, 5) is 11.8. The van der Waals surface area contributed by atoms with Crippen molar-refractivity contribution in [3.05, 3.63) is 35.9 Å². The Kier molecular flexibility index (Phi) is 5.16. The minimum absolute atomic E-state index is 0. The average molecular weight is 236 g/mol. The first-order valence-electron chi connectivity index (χ1n) is 5.63. The standard InChI is InChI=1S/C13H16O3.CH4/c1-10-9-12(7-8-15-10)16-13(14)11-5-3-2-4-6-11;/h2-6,10,12H,7-9H2,1H3;1H4/t10-,12-;/m0./s1. The topological polar surface area (TPSA) is 35.5 Å². The van der Waals surface area contributed by atoms with Gasteiger partial charge in [-0.05, 0) is 19.1 Å². The van der Waals surface area contributed by atoms with Crippen molar-refractivity contribution in [3.8, 4) is 0 Å². The molecule has 0 saturated carbocycles. The smallest absolute Gasteiger partial charge is 0.338 e. The van der Waals surface area contributed by atoms with E-state index in [-0.39, 0.29) is 25.6 Å². The molecule has 1 saturated heterocycles. The second-order valence-electron chi connectivity index (χ2n) is 4.10. The first kappa shape index (κ1) is 13.7. The summed E-state index contributed by atoms with van der Waals surface area (Å²) in [6.07, 6.45) is 1.76. The van der Waals surface area contributed by atoms with Gasteiger partial charge in [-0.15, -0.1) is 0 Å². The van der Waals surface area contributed by atoms with E-state index in [1.54, 1.807) is 12.1 Å². The second kappa shape index (κ2) is 6.40. The summed E-state index contributed by atoms with van der Waals surface area (Å²) in [5.41, 5.74) is 0.613. The van der Waals surface area contributed by atoms with Crippen LogP contribution in [0.15, 0.2) is 30.3 Å². The summed E-state index contributed by atoms with van der Waals surface area (Å²) in [6.45, 7) is 2.68. The number of hydrogen-bond donors (Lipinski definition) is 0. The Morgan fingerprint density at radius 3 is 2.71 bits per heavy atom. The lowest BCUT2D eigenvalue weighted by atomic mass is 10.1. The molecule has 0 bridgehead atoms. The van der Waals surface area contributed by atoms with E-state index in [2.05, 4.69) is 0 Å². The third-order valence-electron chi connectivity index (χ3n) is 2.72. The van der Waals surface area contributed by atoms with Gasteiger partial charge in [0.05, 0.1) is 18.3 Å². The van der Waals surface area contributed by atoms with Gasteiger partial charge in [0.25, 0.3) is 0 Å². The number of carbonyl (C=O) groups is 1. The Morgan fingerprint density at radius 2 is 2.06 bits per heavy atom. The molecule has 1 fully saturated rings. The molecule has 0 radical (unpaired) electrons. The molecular formula is C14H20O3. The molecule has 2 rings (SSSR count). The normalized spacial score (nSPS) is 23.6. The zero-order valence-electron chi connectivity index (χ0n) is 9.39. The summed E-state index contributed by atoms with van der Waals surface area (Å²) >= 11 is 0. The van der Waals surface area contributed by atoms with E-state index in [0.717, 1.165) is 12.8 Å². The molecule has 3 heteroatoms. The molecule has 1 heterocycles. The molecule has 1 aliphatic rings. The molecule has 0 aromatic heterocycles. The Morgan fingerprint density at radius 1 is 1.35 bits per heavy atom. The Balaban J connectivity index is 0.00000144. The maximum Gasteiger partial charge on any atom is 0.338 e. The molecule has 17 heavy (non-hydrogen) atoms. The summed E-state index contributed by atoms with van der Waals surface area (Å²) in [6, 6.07) is 9.09. The third-order valence-corrected chi connectivity index (χ3v) is 2.72. The fraction of sp³-hybridized carbons (Fsp3) is 0.500. The highest BCUT2D eigenvalue weighted by molar-refractivity contribution is 5.89. The quantitative estimate of drug-likeness (QED) is 0.740. The van der Waals surface area contributed by atoms with Gasteiger partial charge in [-0.2, -0.15) is 0 Å². The van der Waals surface area contributed by atoms with Gasteiger partial charge in [-0.1, -0.05) is 25.6 Å². The Hall–Kier alpha value is -1.35. The van der Waals surface area contributed by atoms with Gasteiger partial charge in [-0.25, -0.2) is 4.79 Å². The van der Waals surface area contributed by atoms with E-state index in [4.69, 9.17) is 9.47 Å². The number of esters is 1. The zero-order valence-corrected chi connectivity index (χ0v) is 9.39. The Labute approximate surface area is 103 Å². The average Bonchev–Trinajstić information content (AvgIpc) is 2.30. The third kappa shape index (κ3) is 3.86. The van der Waals surface area contributed by atoms with E-state index in [1.807, 2.05) is 25.1 Å². The molecule has 1 aromatic carbocycles. The van der Waals surface area contributed by atoms with Crippen molar-refractivity contribution in [1.29, 1.82) is 0 Å². The number of ether oxygens (including phenoxy) is 2. The molecule has 0 aliphatic carbocycles. The summed E-state index contributed by atoms with van der Waals surface area (Å²) < 4.78 is 10.8. The highest BCUT2D eigenvalue weighted by Gasteiger charge is 2.23. The molecule has 1 aliphatic heterocycles. The molecule has 0 N–H and O–H groups in total. The van der Waals surface area contributed by atoms with Crippen LogP contribution in [0.3, 0.4) is 0 Å². The van der Waals surface area contributed by atoms with Crippen molar-refractivity contribution in [2.24, 2.45) is 0 Å². The predicted molar refractivity (Wildman–Crippen MR) is 67.0 cm³/mol. The van der Waals surface area contributed by atoms with Crippen molar-refractivity contribution in [3.63, 3.8) is 0 Å². The SMILES string of the molecule is C.C[C@H]1C[C@@H](OC(=O)c2ccccc2)CCO1. The van der Waals surface area contributed by atoms with Crippen LogP contribution in [0.4, 0.5) is 0 Å². The maximum atomic E-state index is 11.8. The predicted octanol–water partition coefficient (Wildman–Crippen LogP) is 3.05. The molecule has 0 unspecified atom stereocenters. The number of carbonyl (C=O) groups excluding carboxylic acids is 1. The van der Waals surface area contributed by atoms with Crippen LogP contribution in [0.1, 0.15) is 37.6 Å². The monoisotopic (exact) mass is 236 g/mol. The molecule has 0 spiro atoms. The van der Waals surface area contributed by atoms with Crippen LogP contribution in [-0.4, -0.2) is 24.8 Å². The van der Waals surface area contributed by atoms with Crippen LogP contribution in [0.2, 0.25) is 0 Å². The molecular weight excluding hydrogens is 216 g/mol. The van der Waals surface area contributed by atoms with Crippen molar-refractivity contribution >= 4 is 5.97 Å². The first-order chi connectivity index (χ1) is 7.75. The van der Waals surface area contributed by atoms with E-state index in [9.17, 15) is 4.79 Å². The zero-order chi connectivity index (χ0) is 11.4. The summed E-state index contributed by atoms with van der Waals surface area (Å²) in [7, 11) is 0. The number of rotatable bonds is 2. The fourth-order valence-corrected chi connectivity index (χ4v) is 1.86. The van der Waals surface area contributed by atoms with Crippen LogP contribution in [0.5, 0.6) is 0 Å². The number of hydrogen-bond acceptors (Lipinski definition) is 3. The van der Waals surface area contributed by atoms with Crippen molar-refractivity contribution < 1.29 is 14.3 Å². The lowest BCUT2D eigenvalue weighted by Gasteiger charge is -2.26. The van der Waals surface area contributed by atoms with Crippen molar-refractivity contribution in [1.82, 2.24) is 0 Å². The van der Waals surface area contributed by atoms with Gasteiger partial charge in [0.2, 0.25) is 0 Å². The van der Waals surface area contributed by atoms with E-state index in [0.29, 0.717) is 12.2 Å². The molecule has 0 amide bonds. The molecule has 1 aromatic rings. The largest absolute Gasteiger partial charge is 0.459 e. The summed E-state index contributed by atoms with van der Waals surface area (Å²) in [5.74, 6) is -0.236. The van der Waals surface area contributed by atoms with E-state index in [1.165, 1.54) is 0 Å². The highest BCUT2D eigenvalue weighted by atomic mass is 16.6. The minimum Gasteiger partial charge on any atom is -0.459 e. The highest BCUT2D eigenvalue weighted by Crippen LogP contribution is 2.17. The lowest BCUT2D eigenvalue weighted by Crippen LogP contribution is -2.30. The fourth-order valence-electron chi connectivity index (χ4n) is 1.86. The van der Waals surface area contributed by atoms with Gasteiger partial charge in [-0.3, -0.25) is 0 Å². The second-order valence-corrected chi connectivity index (χ2v) is 4.10. The Bertz CT molecular complexity index is 348. The van der Waals surface area contributed by atoms with Crippen LogP contribution >= 0.6 is 0 Å². The maximum absolute atomic E-state index is 11.8. The van der Waals surface area contributed by atoms with Gasteiger partial charge in [0.15, 0.2) is 0 Å². The summed E-state index contributed by atoms with van der Waals surface area (Å²) in [5, 5.41) is 0. The van der Waals surface area contributed by atoms with Gasteiger partial charge in [0.1, 0.15) is 6.10 Å². The first-order valence-corrected chi connectivity index (χ1v) is 5.63. The number of benzene rings is 1. The molecule has 3 nitrogen and oxygen atoms in total. The molecule has 94 valence electrons. The van der Waals surface area contributed by atoms with E-state index >= 15 is 0 Å². The lowest BCUT2D eigenvalue weighted by molar-refractivity contribution is -0.0479. The van der Waals surface area contributed by atoms with Crippen LogP contribution < -0.4 is 0 Å². The van der Waals surface area contributed by atoms with Crippen LogP contribution in [0.25, 0.3) is 0 Å². The van der Waals surface area contributed by atoms with Crippen LogP contribution in [-0.2, 0) is 9.47 Å². The van der Waals surface area contributed by atoms with Gasteiger partial charge in [0, 0.05) is 12.8 Å². The van der Waals surface area contributed by atoms with Crippen LogP contribution in [0, 0.1) is 0 Å². The van der Waals surface area contributed by atoms with E-state index < -0.39 is 0 Å².